The second-order valence-electron chi connectivity index (χ2n) is 5.50. The third-order valence-electron chi connectivity index (χ3n) is 3.99. The molecule has 1 saturated heterocycles. The van der Waals surface area contributed by atoms with Crippen LogP contribution in [0.15, 0.2) is 33.7 Å². The van der Waals surface area contributed by atoms with Gasteiger partial charge in [0.2, 0.25) is 0 Å². The van der Waals surface area contributed by atoms with Crippen LogP contribution in [0, 0.1) is 0 Å². The molecule has 0 radical (unpaired) electrons. The van der Waals surface area contributed by atoms with Gasteiger partial charge >= 0.3 is 0 Å². The lowest BCUT2D eigenvalue weighted by molar-refractivity contribution is 0.303. The zero-order valence-electron chi connectivity index (χ0n) is 11.0. The normalized spacial score (nSPS) is 23.7. The number of thioether (sulfide) groups is 1. The third-order valence-corrected chi connectivity index (χ3v) is 5.72. The Kier molecular flexibility index (Phi) is 4.18. The molecule has 1 aliphatic carbocycles. The van der Waals surface area contributed by atoms with Gasteiger partial charge in [0.05, 0.1) is 6.54 Å². The summed E-state index contributed by atoms with van der Waals surface area (Å²) in [5, 5.41) is 4.83. The molecular weight excluding hydrogens is 320 g/mol. The van der Waals surface area contributed by atoms with Gasteiger partial charge in [-0.1, -0.05) is 59.1 Å². The van der Waals surface area contributed by atoms with E-state index < -0.39 is 0 Å². The van der Waals surface area contributed by atoms with E-state index in [0.717, 1.165) is 16.2 Å². The number of nitrogens with one attached hydrogen (secondary N) is 1. The molecular formula is C15H19BrN2S. The number of hydrogen-bond acceptors (Lipinski definition) is 2. The molecule has 1 spiro atoms. The van der Waals surface area contributed by atoms with Crippen LogP contribution in [0.3, 0.4) is 0 Å². The molecule has 1 aromatic carbocycles. The van der Waals surface area contributed by atoms with Crippen LogP contribution in [0.2, 0.25) is 0 Å². The van der Waals surface area contributed by atoms with E-state index in [0.29, 0.717) is 5.54 Å². The average molecular weight is 339 g/mol. The largest absolute Gasteiger partial charge is 0.359 e. The summed E-state index contributed by atoms with van der Waals surface area (Å²) in [5.74, 6) is 1.20. The minimum Gasteiger partial charge on any atom is -0.359 e. The summed E-state index contributed by atoms with van der Waals surface area (Å²) in [6, 6.07) is 8.41. The van der Waals surface area contributed by atoms with Crippen molar-refractivity contribution in [2.45, 2.75) is 44.2 Å². The molecule has 0 atom stereocenters. The molecule has 1 heterocycles. The van der Waals surface area contributed by atoms with Crippen molar-refractivity contribution in [3.63, 3.8) is 0 Å². The van der Waals surface area contributed by atoms with Gasteiger partial charge in [-0.05, 0) is 30.5 Å². The van der Waals surface area contributed by atoms with Crippen molar-refractivity contribution < 1.29 is 0 Å². The monoisotopic (exact) mass is 338 g/mol. The predicted molar refractivity (Wildman–Crippen MR) is 86.7 cm³/mol. The highest BCUT2D eigenvalue weighted by atomic mass is 79.9. The van der Waals surface area contributed by atoms with Gasteiger partial charge in [0.1, 0.15) is 0 Å². The number of nitrogens with zero attached hydrogens (tertiary/aromatic N) is 1. The standard InChI is InChI=1S/C15H19BrN2S/c16-13-6-4-12(5-7-13)10-17-14-18-15(11-19-14)8-2-1-3-9-15/h4-7H,1-3,8-11H2,(H,17,18). The van der Waals surface area contributed by atoms with Crippen molar-refractivity contribution in [2.75, 3.05) is 5.75 Å². The van der Waals surface area contributed by atoms with E-state index in [2.05, 4.69) is 45.5 Å². The van der Waals surface area contributed by atoms with Gasteiger partial charge in [-0.15, -0.1) is 0 Å². The molecule has 0 unspecified atom stereocenters. The van der Waals surface area contributed by atoms with Crippen molar-refractivity contribution in [1.82, 2.24) is 5.32 Å². The van der Waals surface area contributed by atoms with E-state index in [-0.39, 0.29) is 0 Å². The highest BCUT2D eigenvalue weighted by molar-refractivity contribution is 9.10. The van der Waals surface area contributed by atoms with Gasteiger partial charge in [0, 0.05) is 15.8 Å². The number of aliphatic imine (C=N–C) groups is 1. The van der Waals surface area contributed by atoms with Crippen molar-refractivity contribution in [3.05, 3.63) is 34.3 Å². The molecule has 0 amide bonds. The SMILES string of the molecule is Brc1ccc(CN=C2NC3(CCCCC3)CS2)cc1. The molecule has 19 heavy (non-hydrogen) atoms. The van der Waals surface area contributed by atoms with E-state index in [9.17, 15) is 0 Å². The van der Waals surface area contributed by atoms with E-state index in [1.54, 1.807) is 0 Å². The quantitative estimate of drug-likeness (QED) is 0.867. The lowest BCUT2D eigenvalue weighted by atomic mass is 9.83. The topological polar surface area (TPSA) is 24.4 Å². The fraction of sp³-hybridized carbons (Fsp3) is 0.533. The first-order valence-corrected chi connectivity index (χ1v) is 8.74. The summed E-state index contributed by atoms with van der Waals surface area (Å²) in [5.41, 5.74) is 1.63. The molecule has 0 aromatic heterocycles. The van der Waals surface area contributed by atoms with Crippen molar-refractivity contribution >= 4 is 32.9 Å². The molecule has 2 fully saturated rings. The molecule has 1 aliphatic heterocycles. The van der Waals surface area contributed by atoms with Gasteiger partial charge in [0.25, 0.3) is 0 Å². The van der Waals surface area contributed by atoms with Gasteiger partial charge in [-0.2, -0.15) is 0 Å². The zero-order valence-corrected chi connectivity index (χ0v) is 13.4. The zero-order chi connectivity index (χ0) is 13.1. The summed E-state index contributed by atoms with van der Waals surface area (Å²) < 4.78 is 1.12. The summed E-state index contributed by atoms with van der Waals surface area (Å²) in [6.07, 6.45) is 6.77. The molecule has 1 N–H and O–H groups in total. The Balaban J connectivity index is 1.61. The Morgan fingerprint density at radius 3 is 2.63 bits per heavy atom. The minimum absolute atomic E-state index is 0.363. The molecule has 1 aromatic rings. The van der Waals surface area contributed by atoms with Crippen LogP contribution in [-0.2, 0) is 6.54 Å². The van der Waals surface area contributed by atoms with Crippen LogP contribution in [0.1, 0.15) is 37.7 Å². The van der Waals surface area contributed by atoms with Gasteiger partial charge in [-0.3, -0.25) is 4.99 Å². The molecule has 2 nitrogen and oxygen atoms in total. The summed E-state index contributed by atoms with van der Waals surface area (Å²) in [4.78, 5) is 4.73. The van der Waals surface area contributed by atoms with Crippen LogP contribution < -0.4 is 5.32 Å². The molecule has 2 aliphatic rings. The summed E-state index contributed by atoms with van der Waals surface area (Å²) in [6.45, 7) is 0.776. The lowest BCUT2D eigenvalue weighted by Crippen LogP contribution is -2.45. The smallest absolute Gasteiger partial charge is 0.157 e. The molecule has 3 rings (SSSR count). The summed E-state index contributed by atoms with van der Waals surface area (Å²) >= 11 is 5.36. The molecule has 4 heteroatoms. The van der Waals surface area contributed by atoms with Gasteiger partial charge < -0.3 is 5.32 Å². The lowest BCUT2D eigenvalue weighted by Gasteiger charge is -2.32. The Labute approximate surface area is 127 Å². The Bertz CT molecular complexity index is 464. The van der Waals surface area contributed by atoms with Crippen LogP contribution >= 0.6 is 27.7 Å². The third kappa shape index (κ3) is 3.34. The first-order valence-electron chi connectivity index (χ1n) is 6.96. The predicted octanol–water partition coefficient (Wildman–Crippen LogP) is 4.34. The van der Waals surface area contributed by atoms with Gasteiger partial charge in [-0.25, -0.2) is 0 Å². The first-order chi connectivity index (χ1) is 9.26. The van der Waals surface area contributed by atoms with Crippen molar-refractivity contribution in [3.8, 4) is 0 Å². The van der Waals surface area contributed by atoms with E-state index in [4.69, 9.17) is 4.99 Å². The van der Waals surface area contributed by atoms with Crippen LogP contribution in [-0.4, -0.2) is 16.5 Å². The Hall–Kier alpha value is -0.480. The highest BCUT2D eigenvalue weighted by Crippen LogP contribution is 2.36. The molecule has 102 valence electrons. The van der Waals surface area contributed by atoms with E-state index in [1.807, 2.05) is 11.8 Å². The van der Waals surface area contributed by atoms with Crippen LogP contribution in [0.4, 0.5) is 0 Å². The fourth-order valence-corrected chi connectivity index (χ4v) is 4.32. The number of hydrogen-bond donors (Lipinski definition) is 1. The average Bonchev–Trinajstić information content (AvgIpc) is 2.82. The number of benzene rings is 1. The number of amidine groups is 1. The van der Waals surface area contributed by atoms with E-state index in [1.165, 1.54) is 43.4 Å². The van der Waals surface area contributed by atoms with Crippen LogP contribution in [0.25, 0.3) is 0 Å². The minimum atomic E-state index is 0.363. The van der Waals surface area contributed by atoms with Crippen molar-refractivity contribution in [1.29, 1.82) is 0 Å². The maximum absolute atomic E-state index is 4.73. The maximum Gasteiger partial charge on any atom is 0.157 e. The van der Waals surface area contributed by atoms with Gasteiger partial charge in [0.15, 0.2) is 5.17 Å². The Morgan fingerprint density at radius 1 is 1.16 bits per heavy atom. The molecule has 1 saturated carbocycles. The van der Waals surface area contributed by atoms with Crippen LogP contribution in [0.5, 0.6) is 0 Å². The second-order valence-corrected chi connectivity index (χ2v) is 7.38. The summed E-state index contributed by atoms with van der Waals surface area (Å²) in [7, 11) is 0. The maximum atomic E-state index is 4.73. The van der Waals surface area contributed by atoms with E-state index >= 15 is 0 Å². The number of rotatable bonds is 2. The Morgan fingerprint density at radius 2 is 1.89 bits per heavy atom. The number of halogens is 1. The van der Waals surface area contributed by atoms with Crippen molar-refractivity contribution in [2.24, 2.45) is 4.99 Å². The second kappa shape index (κ2) is 5.88. The highest BCUT2D eigenvalue weighted by Gasteiger charge is 2.37. The fourth-order valence-electron chi connectivity index (χ4n) is 2.84. The molecule has 0 bridgehead atoms. The first kappa shape index (κ1) is 13.5.